The Balaban J connectivity index is 1.79. The molecular formula is C15H22O3. The van der Waals surface area contributed by atoms with Gasteiger partial charge >= 0.3 is 5.97 Å². The second-order valence-electron chi connectivity index (χ2n) is 7.68. The van der Waals surface area contributed by atoms with E-state index < -0.39 is 0 Å². The van der Waals surface area contributed by atoms with Gasteiger partial charge in [0.05, 0.1) is 6.10 Å². The fraction of sp³-hybridized carbons (Fsp3) is 0.933. The van der Waals surface area contributed by atoms with E-state index in [2.05, 4.69) is 20.8 Å². The molecule has 18 heavy (non-hydrogen) atoms. The van der Waals surface area contributed by atoms with Crippen molar-refractivity contribution in [3.8, 4) is 0 Å². The maximum absolute atomic E-state index is 12.4. The number of esters is 1. The minimum Gasteiger partial charge on any atom is -0.462 e. The second kappa shape index (κ2) is 2.95. The fourth-order valence-corrected chi connectivity index (χ4v) is 5.43. The SMILES string of the molecule is CC(C)(C)[C@]12C[C@@H]3[C@@H]4CCC[C@@H]4O[C@@]31COC2=O. The summed E-state index contributed by atoms with van der Waals surface area (Å²) in [5, 5.41) is 0. The lowest BCUT2D eigenvalue weighted by molar-refractivity contribution is -0.224. The van der Waals surface area contributed by atoms with Gasteiger partial charge in [-0.05, 0) is 36.5 Å². The molecule has 4 rings (SSSR count). The van der Waals surface area contributed by atoms with Crippen LogP contribution < -0.4 is 0 Å². The molecular weight excluding hydrogens is 228 g/mol. The van der Waals surface area contributed by atoms with Crippen molar-refractivity contribution in [3.05, 3.63) is 0 Å². The molecule has 3 heteroatoms. The molecule has 0 radical (unpaired) electrons. The molecule has 2 saturated carbocycles. The van der Waals surface area contributed by atoms with Crippen LogP contribution in [0.1, 0.15) is 46.5 Å². The predicted molar refractivity (Wildman–Crippen MR) is 65.9 cm³/mol. The molecule has 0 aromatic carbocycles. The van der Waals surface area contributed by atoms with Gasteiger partial charge in [-0.15, -0.1) is 0 Å². The van der Waals surface area contributed by atoms with Crippen LogP contribution in [0.5, 0.6) is 0 Å². The molecule has 2 aliphatic carbocycles. The summed E-state index contributed by atoms with van der Waals surface area (Å²) in [6.45, 7) is 6.99. The first-order valence-corrected chi connectivity index (χ1v) is 7.27. The summed E-state index contributed by atoms with van der Waals surface area (Å²) in [5.41, 5.74) is -0.733. The number of fused-ring (bicyclic) bond motifs is 2. The Hall–Kier alpha value is -0.570. The zero-order chi connectivity index (χ0) is 12.8. The predicted octanol–water partition coefficient (Wildman–Crippen LogP) is 2.53. The highest BCUT2D eigenvalue weighted by Gasteiger charge is 2.83. The van der Waals surface area contributed by atoms with E-state index in [9.17, 15) is 4.79 Å². The van der Waals surface area contributed by atoms with E-state index in [1.54, 1.807) is 0 Å². The summed E-state index contributed by atoms with van der Waals surface area (Å²) in [4.78, 5) is 12.4. The largest absolute Gasteiger partial charge is 0.462 e. The molecule has 0 unspecified atom stereocenters. The number of hydrogen-bond acceptors (Lipinski definition) is 3. The summed E-state index contributed by atoms with van der Waals surface area (Å²) in [7, 11) is 0. The standard InChI is InChI=1S/C15H22O3/c1-13(2,3)14-7-10-9-5-4-6-11(9)18-15(10,14)8-17-12(14)16/h9-11H,4-8H2,1-3H3/t9-,10+,11-,14+,15-/m0/s1. The Morgan fingerprint density at radius 2 is 2.06 bits per heavy atom. The molecule has 0 aromatic rings. The highest BCUT2D eigenvalue weighted by molar-refractivity contribution is 5.84. The number of rotatable bonds is 0. The topological polar surface area (TPSA) is 35.5 Å². The first-order valence-electron chi connectivity index (χ1n) is 7.27. The Morgan fingerprint density at radius 3 is 2.78 bits per heavy atom. The normalized spacial score (nSPS) is 53.5. The van der Waals surface area contributed by atoms with Crippen LogP contribution >= 0.6 is 0 Å². The summed E-state index contributed by atoms with van der Waals surface area (Å²) < 4.78 is 11.9. The van der Waals surface area contributed by atoms with E-state index >= 15 is 0 Å². The van der Waals surface area contributed by atoms with Crippen molar-refractivity contribution >= 4 is 5.97 Å². The number of hydrogen-bond donors (Lipinski definition) is 0. The second-order valence-corrected chi connectivity index (χ2v) is 7.68. The molecule has 0 bridgehead atoms. The van der Waals surface area contributed by atoms with Crippen molar-refractivity contribution in [1.29, 1.82) is 0 Å². The Labute approximate surface area is 108 Å². The Kier molecular flexibility index (Phi) is 1.85. The molecule has 0 amide bonds. The highest BCUT2D eigenvalue weighted by atomic mass is 16.6. The maximum atomic E-state index is 12.4. The van der Waals surface area contributed by atoms with E-state index in [1.165, 1.54) is 19.3 Å². The third kappa shape index (κ3) is 0.910. The first-order chi connectivity index (χ1) is 8.42. The van der Waals surface area contributed by atoms with Gasteiger partial charge in [0.15, 0.2) is 0 Å². The van der Waals surface area contributed by atoms with Crippen molar-refractivity contribution in [1.82, 2.24) is 0 Å². The van der Waals surface area contributed by atoms with Gasteiger partial charge in [-0.2, -0.15) is 0 Å². The van der Waals surface area contributed by atoms with Crippen molar-refractivity contribution in [3.63, 3.8) is 0 Å². The van der Waals surface area contributed by atoms with Gasteiger partial charge < -0.3 is 9.47 Å². The van der Waals surface area contributed by atoms with Gasteiger partial charge in [0.1, 0.15) is 17.6 Å². The molecule has 100 valence electrons. The zero-order valence-electron chi connectivity index (χ0n) is 11.5. The third-order valence-corrected chi connectivity index (χ3v) is 6.28. The molecule has 0 aromatic heterocycles. The third-order valence-electron chi connectivity index (χ3n) is 6.28. The average Bonchev–Trinajstić information content (AvgIpc) is 2.82. The van der Waals surface area contributed by atoms with Crippen LogP contribution in [0.15, 0.2) is 0 Å². The van der Waals surface area contributed by atoms with Crippen LogP contribution in [0.4, 0.5) is 0 Å². The maximum Gasteiger partial charge on any atom is 0.315 e. The van der Waals surface area contributed by atoms with Gasteiger partial charge in [-0.3, -0.25) is 4.79 Å². The monoisotopic (exact) mass is 250 g/mol. The van der Waals surface area contributed by atoms with Crippen molar-refractivity contribution in [2.45, 2.75) is 58.2 Å². The lowest BCUT2D eigenvalue weighted by atomic mass is 9.42. The van der Waals surface area contributed by atoms with Gasteiger partial charge in [-0.25, -0.2) is 0 Å². The highest BCUT2D eigenvalue weighted by Crippen LogP contribution is 2.74. The molecule has 2 saturated heterocycles. The molecule has 0 N–H and O–H groups in total. The molecule has 1 spiro atoms. The van der Waals surface area contributed by atoms with E-state index in [4.69, 9.17) is 9.47 Å². The van der Waals surface area contributed by atoms with Crippen LogP contribution in [0.2, 0.25) is 0 Å². The molecule has 2 heterocycles. The van der Waals surface area contributed by atoms with Crippen molar-refractivity contribution in [2.75, 3.05) is 6.61 Å². The van der Waals surface area contributed by atoms with Gasteiger partial charge in [0, 0.05) is 0 Å². The zero-order valence-corrected chi connectivity index (χ0v) is 11.5. The molecule has 5 atom stereocenters. The van der Waals surface area contributed by atoms with Crippen LogP contribution in [0.25, 0.3) is 0 Å². The minimum atomic E-state index is -0.380. The van der Waals surface area contributed by atoms with Crippen LogP contribution in [0, 0.1) is 22.7 Å². The number of cyclic esters (lactones) is 1. The smallest absolute Gasteiger partial charge is 0.315 e. The van der Waals surface area contributed by atoms with Gasteiger partial charge in [0.25, 0.3) is 0 Å². The van der Waals surface area contributed by atoms with E-state index in [-0.39, 0.29) is 22.4 Å². The lowest BCUT2D eigenvalue weighted by Crippen LogP contribution is -2.69. The Bertz CT molecular complexity index is 424. The Morgan fingerprint density at radius 1 is 1.28 bits per heavy atom. The molecule has 4 fully saturated rings. The van der Waals surface area contributed by atoms with Crippen molar-refractivity contribution in [2.24, 2.45) is 22.7 Å². The molecule has 4 aliphatic rings. The van der Waals surface area contributed by atoms with E-state index in [0.717, 1.165) is 6.42 Å². The van der Waals surface area contributed by atoms with Gasteiger partial charge in [-0.1, -0.05) is 27.2 Å². The molecule has 2 aliphatic heterocycles. The average molecular weight is 250 g/mol. The number of carbonyl (C=O) groups is 1. The lowest BCUT2D eigenvalue weighted by Gasteiger charge is -2.59. The summed E-state index contributed by atoms with van der Waals surface area (Å²) in [6.07, 6.45) is 5.13. The number of carbonyl (C=O) groups excluding carboxylic acids is 1. The fourth-order valence-electron chi connectivity index (χ4n) is 5.43. The first kappa shape index (κ1) is 11.3. The summed E-state index contributed by atoms with van der Waals surface area (Å²) in [5.74, 6) is 1.25. The van der Waals surface area contributed by atoms with Gasteiger partial charge in [0.2, 0.25) is 0 Å². The van der Waals surface area contributed by atoms with Crippen LogP contribution in [-0.2, 0) is 14.3 Å². The minimum absolute atomic E-state index is 0.00813. The van der Waals surface area contributed by atoms with Crippen LogP contribution in [-0.4, -0.2) is 24.3 Å². The number of ether oxygens (including phenoxy) is 2. The summed E-state index contributed by atoms with van der Waals surface area (Å²) in [6, 6.07) is 0. The van der Waals surface area contributed by atoms with E-state index in [0.29, 0.717) is 24.5 Å². The van der Waals surface area contributed by atoms with Crippen molar-refractivity contribution < 1.29 is 14.3 Å². The summed E-state index contributed by atoms with van der Waals surface area (Å²) >= 11 is 0. The van der Waals surface area contributed by atoms with E-state index in [1.807, 2.05) is 0 Å². The quantitative estimate of drug-likeness (QED) is 0.620. The van der Waals surface area contributed by atoms with Crippen LogP contribution in [0.3, 0.4) is 0 Å². The molecule has 3 nitrogen and oxygen atoms in total.